The predicted octanol–water partition coefficient (Wildman–Crippen LogP) is 8.78. The smallest absolute Gasteiger partial charge is 0.101 e. The van der Waals surface area contributed by atoms with E-state index in [1.807, 2.05) is 30.3 Å². The van der Waals surface area contributed by atoms with Crippen molar-refractivity contribution >= 4 is 54.4 Å². The normalized spacial score (nSPS) is 11.4. The van der Waals surface area contributed by atoms with Crippen LogP contribution in [0.15, 0.2) is 121 Å². The Morgan fingerprint density at radius 2 is 0.800 bits per heavy atom. The lowest BCUT2D eigenvalue weighted by Gasteiger charge is -2.18. The fourth-order valence-corrected chi connectivity index (χ4v) is 6.22. The molecule has 4 heteroatoms. The molecule has 6 aromatic carbocycles. The van der Waals surface area contributed by atoms with Gasteiger partial charge in [0.15, 0.2) is 0 Å². The first-order valence-electron chi connectivity index (χ1n) is 13.2. The molecular formula is C36H20N4. The summed E-state index contributed by atoms with van der Waals surface area (Å²) in [6.07, 6.45) is 0. The van der Waals surface area contributed by atoms with Crippen LogP contribution < -0.4 is 0 Å². The zero-order valence-electron chi connectivity index (χ0n) is 21.3. The van der Waals surface area contributed by atoms with Gasteiger partial charge in [-0.05, 0) is 53.2 Å². The molecule has 4 nitrogen and oxygen atoms in total. The Morgan fingerprint density at radius 1 is 0.400 bits per heavy atom. The SMILES string of the molecule is N#Cc1cc(-n2c3ccccc3c3ccccc32)c(-n2c3ccccc3c3cc4ccccc4cc32)cc1C#N. The van der Waals surface area contributed by atoms with Crippen LogP contribution in [0.4, 0.5) is 0 Å². The summed E-state index contributed by atoms with van der Waals surface area (Å²) in [5, 5.41) is 27.0. The second kappa shape index (κ2) is 8.33. The first kappa shape index (κ1) is 22.2. The maximum absolute atomic E-state index is 10.1. The molecule has 0 saturated carbocycles. The van der Waals surface area contributed by atoms with Crippen molar-refractivity contribution in [1.29, 1.82) is 10.5 Å². The van der Waals surface area contributed by atoms with E-state index in [0.29, 0.717) is 11.1 Å². The van der Waals surface area contributed by atoms with Gasteiger partial charge in [-0.2, -0.15) is 10.5 Å². The van der Waals surface area contributed by atoms with Crippen molar-refractivity contribution in [3.05, 3.63) is 132 Å². The van der Waals surface area contributed by atoms with E-state index >= 15 is 0 Å². The zero-order chi connectivity index (χ0) is 26.8. The van der Waals surface area contributed by atoms with Crippen LogP contribution >= 0.6 is 0 Å². The highest BCUT2D eigenvalue weighted by atomic mass is 15.1. The van der Waals surface area contributed by atoms with Gasteiger partial charge in [-0.25, -0.2) is 0 Å². The molecule has 0 bridgehead atoms. The minimum Gasteiger partial charge on any atom is -0.307 e. The van der Waals surface area contributed by atoms with Crippen LogP contribution in [-0.2, 0) is 0 Å². The number of aromatic nitrogens is 2. The molecule has 8 rings (SSSR count). The van der Waals surface area contributed by atoms with E-state index in [-0.39, 0.29) is 0 Å². The average Bonchev–Trinajstić information content (AvgIpc) is 3.51. The van der Waals surface area contributed by atoms with Crippen molar-refractivity contribution in [3.63, 3.8) is 0 Å². The third-order valence-electron chi connectivity index (χ3n) is 7.96. The average molecular weight is 509 g/mol. The minimum absolute atomic E-state index is 0.355. The van der Waals surface area contributed by atoms with E-state index in [0.717, 1.165) is 60.4 Å². The number of benzene rings is 6. The molecule has 2 aromatic heterocycles. The molecule has 0 atom stereocenters. The largest absolute Gasteiger partial charge is 0.307 e. The molecule has 0 aliphatic heterocycles. The summed E-state index contributed by atoms with van der Waals surface area (Å²) in [7, 11) is 0. The van der Waals surface area contributed by atoms with Crippen molar-refractivity contribution in [1.82, 2.24) is 9.13 Å². The molecular weight excluding hydrogens is 488 g/mol. The predicted molar refractivity (Wildman–Crippen MR) is 162 cm³/mol. The first-order chi connectivity index (χ1) is 19.8. The standard InChI is InChI=1S/C36H20N4/c37-21-25-19-35(39-31-14-6-3-11-27(31)28-12-4-7-15-32(28)39)36(20-26(25)22-38)40-33-16-8-5-13-29(33)30-17-23-9-1-2-10-24(23)18-34(30)40/h1-20H. The summed E-state index contributed by atoms with van der Waals surface area (Å²) in [5.74, 6) is 0. The molecule has 0 fully saturated rings. The number of hydrogen-bond donors (Lipinski definition) is 0. The van der Waals surface area contributed by atoms with Gasteiger partial charge in [0, 0.05) is 21.5 Å². The highest BCUT2D eigenvalue weighted by molar-refractivity contribution is 6.14. The monoisotopic (exact) mass is 508 g/mol. The fourth-order valence-electron chi connectivity index (χ4n) is 6.22. The molecule has 2 heterocycles. The third kappa shape index (κ3) is 2.99. The van der Waals surface area contributed by atoms with Crippen molar-refractivity contribution in [2.75, 3.05) is 0 Å². The summed E-state index contributed by atoms with van der Waals surface area (Å²) >= 11 is 0. The summed E-state index contributed by atoms with van der Waals surface area (Å²) in [6, 6.07) is 46.2. The van der Waals surface area contributed by atoms with Gasteiger partial charge in [0.1, 0.15) is 12.1 Å². The molecule has 0 amide bonds. The second-order valence-corrected chi connectivity index (χ2v) is 10.0. The van der Waals surface area contributed by atoms with E-state index in [1.54, 1.807) is 0 Å². The Kier molecular flexibility index (Phi) is 4.62. The molecule has 0 spiro atoms. The summed E-state index contributed by atoms with van der Waals surface area (Å²) in [5.41, 5.74) is 6.60. The van der Waals surface area contributed by atoms with Crippen molar-refractivity contribution < 1.29 is 0 Å². The lowest BCUT2D eigenvalue weighted by atomic mass is 10.1. The Balaban J connectivity index is 1.60. The Hall–Kier alpha value is -5.84. The van der Waals surface area contributed by atoms with Gasteiger partial charge in [-0.3, -0.25) is 0 Å². The van der Waals surface area contributed by atoms with Gasteiger partial charge in [-0.15, -0.1) is 0 Å². The molecule has 0 N–H and O–H groups in total. The number of nitriles is 2. The third-order valence-corrected chi connectivity index (χ3v) is 7.96. The van der Waals surface area contributed by atoms with Crippen LogP contribution in [0.3, 0.4) is 0 Å². The van der Waals surface area contributed by atoms with Crippen LogP contribution in [0, 0.1) is 22.7 Å². The van der Waals surface area contributed by atoms with Crippen LogP contribution in [-0.4, -0.2) is 9.13 Å². The van der Waals surface area contributed by atoms with E-state index in [4.69, 9.17) is 0 Å². The maximum atomic E-state index is 10.1. The van der Waals surface area contributed by atoms with Crippen LogP contribution in [0.2, 0.25) is 0 Å². The van der Waals surface area contributed by atoms with Gasteiger partial charge < -0.3 is 9.13 Å². The van der Waals surface area contributed by atoms with Gasteiger partial charge in [0.25, 0.3) is 0 Å². The van der Waals surface area contributed by atoms with E-state index in [1.165, 1.54) is 5.39 Å². The van der Waals surface area contributed by atoms with Gasteiger partial charge in [0.2, 0.25) is 0 Å². The fraction of sp³-hybridized carbons (Fsp3) is 0. The minimum atomic E-state index is 0.355. The van der Waals surface area contributed by atoms with Gasteiger partial charge >= 0.3 is 0 Å². The van der Waals surface area contributed by atoms with Crippen LogP contribution in [0.25, 0.3) is 65.8 Å². The first-order valence-corrected chi connectivity index (χ1v) is 13.2. The summed E-state index contributed by atoms with van der Waals surface area (Å²) in [4.78, 5) is 0. The molecule has 0 saturated heterocycles. The quantitative estimate of drug-likeness (QED) is 0.234. The van der Waals surface area contributed by atoms with Crippen molar-refractivity contribution in [2.45, 2.75) is 0 Å². The molecule has 0 radical (unpaired) electrons. The van der Waals surface area contributed by atoms with E-state index in [9.17, 15) is 10.5 Å². The Morgan fingerprint density at radius 3 is 1.30 bits per heavy atom. The number of nitrogens with zero attached hydrogens (tertiary/aromatic N) is 4. The molecule has 8 aromatic rings. The number of fused-ring (bicyclic) bond motifs is 7. The van der Waals surface area contributed by atoms with Crippen molar-refractivity contribution in [3.8, 4) is 23.5 Å². The van der Waals surface area contributed by atoms with Crippen LogP contribution in [0.5, 0.6) is 0 Å². The molecule has 0 aliphatic carbocycles. The van der Waals surface area contributed by atoms with Gasteiger partial charge in [-0.1, -0.05) is 78.9 Å². The van der Waals surface area contributed by atoms with Crippen molar-refractivity contribution in [2.24, 2.45) is 0 Å². The number of hydrogen-bond acceptors (Lipinski definition) is 2. The maximum Gasteiger partial charge on any atom is 0.101 e. The Bertz CT molecular complexity index is 2350. The lowest BCUT2D eigenvalue weighted by Crippen LogP contribution is -2.05. The highest BCUT2D eigenvalue weighted by Crippen LogP contribution is 2.40. The molecule has 0 unspecified atom stereocenters. The van der Waals surface area contributed by atoms with E-state index < -0.39 is 0 Å². The van der Waals surface area contributed by atoms with Crippen LogP contribution in [0.1, 0.15) is 11.1 Å². The zero-order valence-corrected chi connectivity index (χ0v) is 21.3. The topological polar surface area (TPSA) is 57.4 Å². The Labute approximate surface area is 229 Å². The number of para-hydroxylation sites is 3. The summed E-state index contributed by atoms with van der Waals surface area (Å²) < 4.78 is 4.47. The van der Waals surface area contributed by atoms with E-state index in [2.05, 4.69) is 112 Å². The second-order valence-electron chi connectivity index (χ2n) is 10.0. The highest BCUT2D eigenvalue weighted by Gasteiger charge is 2.21. The summed E-state index contributed by atoms with van der Waals surface area (Å²) in [6.45, 7) is 0. The molecule has 40 heavy (non-hydrogen) atoms. The number of rotatable bonds is 2. The molecule has 0 aliphatic rings. The van der Waals surface area contributed by atoms with Gasteiger partial charge in [0.05, 0.1) is 44.6 Å². The lowest BCUT2D eigenvalue weighted by molar-refractivity contribution is 1.09. The molecule has 184 valence electrons.